The Labute approximate surface area is 92.8 Å². The molecule has 0 unspecified atom stereocenters. The van der Waals surface area contributed by atoms with Crippen molar-refractivity contribution >= 4 is 5.76 Å². The first-order chi connectivity index (χ1) is 6.95. The lowest BCUT2D eigenvalue weighted by molar-refractivity contribution is 0.299. The van der Waals surface area contributed by atoms with Crippen molar-refractivity contribution in [3.63, 3.8) is 0 Å². The third-order valence-electron chi connectivity index (χ3n) is 2.39. The van der Waals surface area contributed by atoms with Gasteiger partial charge in [0.1, 0.15) is 5.76 Å². The van der Waals surface area contributed by atoms with Crippen molar-refractivity contribution in [2.24, 2.45) is 0 Å². The number of hydrogen-bond acceptors (Lipinski definition) is 1. The molecule has 0 atom stereocenters. The van der Waals surface area contributed by atoms with Crippen LogP contribution >= 0.6 is 0 Å². The lowest BCUT2D eigenvalue weighted by Crippen LogP contribution is -2.10. The zero-order valence-electron chi connectivity index (χ0n) is 10.1. The second-order valence-corrected chi connectivity index (χ2v) is 4.68. The van der Waals surface area contributed by atoms with Gasteiger partial charge in [-0.05, 0) is 17.9 Å². The summed E-state index contributed by atoms with van der Waals surface area (Å²) in [6.07, 6.45) is 0. The van der Waals surface area contributed by atoms with Gasteiger partial charge < -0.3 is 4.74 Å². The summed E-state index contributed by atoms with van der Waals surface area (Å²) in [4.78, 5) is 0. The zero-order valence-corrected chi connectivity index (χ0v) is 10.1. The van der Waals surface area contributed by atoms with Crippen molar-refractivity contribution in [3.8, 4) is 0 Å². The third-order valence-corrected chi connectivity index (χ3v) is 2.39. The summed E-state index contributed by atoms with van der Waals surface area (Å²) < 4.78 is 5.36. The van der Waals surface area contributed by atoms with Crippen LogP contribution in [-0.2, 0) is 10.2 Å². The quantitative estimate of drug-likeness (QED) is 0.676. The van der Waals surface area contributed by atoms with Gasteiger partial charge in [-0.1, -0.05) is 51.6 Å². The Hall–Kier alpha value is -1.24. The van der Waals surface area contributed by atoms with Gasteiger partial charge in [0.25, 0.3) is 0 Å². The first-order valence-electron chi connectivity index (χ1n) is 5.37. The Morgan fingerprint density at radius 1 is 1.20 bits per heavy atom. The molecule has 82 valence electrons. The topological polar surface area (TPSA) is 9.23 Å². The van der Waals surface area contributed by atoms with Gasteiger partial charge in [0, 0.05) is 5.56 Å². The zero-order chi connectivity index (χ0) is 11.5. The van der Waals surface area contributed by atoms with Crippen LogP contribution in [0.25, 0.3) is 5.76 Å². The van der Waals surface area contributed by atoms with E-state index in [-0.39, 0.29) is 5.41 Å². The molecule has 0 saturated heterocycles. The van der Waals surface area contributed by atoms with Crippen LogP contribution in [0.3, 0.4) is 0 Å². The molecule has 0 spiro atoms. The van der Waals surface area contributed by atoms with Gasteiger partial charge >= 0.3 is 0 Å². The largest absolute Gasteiger partial charge is 0.494 e. The van der Waals surface area contributed by atoms with Crippen molar-refractivity contribution in [1.82, 2.24) is 0 Å². The molecule has 0 aromatic heterocycles. The van der Waals surface area contributed by atoms with E-state index >= 15 is 0 Å². The van der Waals surface area contributed by atoms with E-state index in [0.717, 1.165) is 11.3 Å². The van der Waals surface area contributed by atoms with E-state index in [1.54, 1.807) is 0 Å². The average molecular weight is 204 g/mol. The fourth-order valence-electron chi connectivity index (χ4n) is 1.41. The fourth-order valence-corrected chi connectivity index (χ4v) is 1.41. The molecule has 0 aliphatic rings. The summed E-state index contributed by atoms with van der Waals surface area (Å²) in [5.74, 6) is 0.748. The maximum absolute atomic E-state index is 5.36. The Balaban J connectivity index is 2.86. The molecule has 0 radical (unpaired) electrons. The summed E-state index contributed by atoms with van der Waals surface area (Å²) in [5, 5.41) is 0. The number of ether oxygens (including phenoxy) is 1. The minimum Gasteiger partial charge on any atom is -0.494 e. The van der Waals surface area contributed by atoms with E-state index in [2.05, 4.69) is 51.6 Å². The first-order valence-corrected chi connectivity index (χ1v) is 5.37. The van der Waals surface area contributed by atoms with Gasteiger partial charge in [-0.3, -0.25) is 0 Å². The average Bonchev–Trinajstić information content (AvgIpc) is 2.17. The molecular formula is C14H20O. The molecule has 1 nitrogen and oxygen atoms in total. The highest BCUT2D eigenvalue weighted by Crippen LogP contribution is 2.24. The second kappa shape index (κ2) is 4.52. The van der Waals surface area contributed by atoms with Crippen molar-refractivity contribution in [3.05, 3.63) is 42.0 Å². The van der Waals surface area contributed by atoms with Crippen LogP contribution in [0.5, 0.6) is 0 Å². The predicted molar refractivity (Wildman–Crippen MR) is 65.8 cm³/mol. The van der Waals surface area contributed by atoms with Gasteiger partial charge in [-0.25, -0.2) is 0 Å². The van der Waals surface area contributed by atoms with Gasteiger partial charge in [0.05, 0.1) is 6.61 Å². The van der Waals surface area contributed by atoms with E-state index in [1.807, 2.05) is 6.92 Å². The van der Waals surface area contributed by atoms with Gasteiger partial charge in [-0.15, -0.1) is 0 Å². The van der Waals surface area contributed by atoms with Crippen molar-refractivity contribution < 1.29 is 4.74 Å². The van der Waals surface area contributed by atoms with Crippen LogP contribution in [0, 0.1) is 0 Å². The maximum Gasteiger partial charge on any atom is 0.119 e. The van der Waals surface area contributed by atoms with E-state index in [0.29, 0.717) is 6.61 Å². The predicted octanol–water partition coefficient (Wildman–Crippen LogP) is 3.99. The van der Waals surface area contributed by atoms with Gasteiger partial charge in [0.2, 0.25) is 0 Å². The molecular weight excluding hydrogens is 184 g/mol. The van der Waals surface area contributed by atoms with Crippen molar-refractivity contribution in [2.45, 2.75) is 33.1 Å². The minimum absolute atomic E-state index is 0.200. The van der Waals surface area contributed by atoms with E-state index < -0.39 is 0 Å². The van der Waals surface area contributed by atoms with Crippen LogP contribution in [0.1, 0.15) is 38.8 Å². The fraction of sp³-hybridized carbons (Fsp3) is 0.429. The summed E-state index contributed by atoms with van der Waals surface area (Å²) in [6, 6.07) is 8.41. The van der Waals surface area contributed by atoms with E-state index in [9.17, 15) is 0 Å². The monoisotopic (exact) mass is 204 g/mol. The Morgan fingerprint density at radius 3 is 2.13 bits per heavy atom. The number of hydrogen-bond donors (Lipinski definition) is 0. The highest BCUT2D eigenvalue weighted by Gasteiger charge is 2.13. The molecule has 0 saturated carbocycles. The van der Waals surface area contributed by atoms with Crippen molar-refractivity contribution in [2.75, 3.05) is 6.61 Å². The molecule has 1 heteroatoms. The molecule has 0 heterocycles. The summed E-state index contributed by atoms with van der Waals surface area (Å²) in [5.41, 5.74) is 2.59. The molecule has 0 N–H and O–H groups in total. The van der Waals surface area contributed by atoms with Crippen LogP contribution in [0.15, 0.2) is 30.8 Å². The standard InChI is InChI=1S/C14H20O/c1-6-15-11(2)12-7-9-13(10-8-12)14(3,4)5/h7-10H,2,6H2,1,3-5H3. The normalized spacial score (nSPS) is 11.2. The molecule has 0 aliphatic carbocycles. The van der Waals surface area contributed by atoms with Crippen LogP contribution in [0.4, 0.5) is 0 Å². The summed E-state index contributed by atoms with van der Waals surface area (Å²) in [6.45, 7) is 13.1. The number of rotatable bonds is 3. The summed E-state index contributed by atoms with van der Waals surface area (Å²) in [7, 11) is 0. The molecule has 0 bridgehead atoms. The maximum atomic E-state index is 5.36. The van der Waals surface area contributed by atoms with E-state index in [1.165, 1.54) is 5.56 Å². The molecule has 0 aliphatic heterocycles. The SMILES string of the molecule is C=C(OCC)c1ccc(C(C)(C)C)cc1. The first kappa shape index (κ1) is 11.8. The molecule has 0 fully saturated rings. The molecule has 1 aromatic carbocycles. The van der Waals surface area contributed by atoms with Gasteiger partial charge in [0.15, 0.2) is 0 Å². The molecule has 15 heavy (non-hydrogen) atoms. The summed E-state index contributed by atoms with van der Waals surface area (Å²) >= 11 is 0. The Kier molecular flexibility index (Phi) is 3.57. The lowest BCUT2D eigenvalue weighted by atomic mass is 9.86. The van der Waals surface area contributed by atoms with Crippen molar-refractivity contribution in [1.29, 1.82) is 0 Å². The van der Waals surface area contributed by atoms with Gasteiger partial charge in [-0.2, -0.15) is 0 Å². The number of benzene rings is 1. The molecule has 0 amide bonds. The third kappa shape index (κ3) is 3.12. The highest BCUT2D eigenvalue weighted by atomic mass is 16.5. The smallest absolute Gasteiger partial charge is 0.119 e. The second-order valence-electron chi connectivity index (χ2n) is 4.68. The minimum atomic E-state index is 0.200. The van der Waals surface area contributed by atoms with Crippen LogP contribution in [-0.4, -0.2) is 6.61 Å². The molecule has 1 rings (SSSR count). The Bertz CT molecular complexity index is 327. The Morgan fingerprint density at radius 2 is 1.73 bits per heavy atom. The van der Waals surface area contributed by atoms with E-state index in [4.69, 9.17) is 4.74 Å². The van der Waals surface area contributed by atoms with Crippen LogP contribution < -0.4 is 0 Å². The molecule has 1 aromatic rings. The van der Waals surface area contributed by atoms with Crippen LogP contribution in [0.2, 0.25) is 0 Å². The lowest BCUT2D eigenvalue weighted by Gasteiger charge is -2.19. The highest BCUT2D eigenvalue weighted by molar-refractivity contribution is 5.57.